The Morgan fingerprint density at radius 1 is 1.10 bits per heavy atom. The van der Waals surface area contributed by atoms with Crippen LogP contribution in [0.4, 0.5) is 11.4 Å². The van der Waals surface area contributed by atoms with E-state index in [2.05, 4.69) is 29.5 Å². The van der Waals surface area contributed by atoms with Crippen LogP contribution in [0.2, 0.25) is 0 Å². The van der Waals surface area contributed by atoms with Gasteiger partial charge in [-0.05, 0) is 43.2 Å². The smallest absolute Gasteiger partial charge is 0.270 e. The summed E-state index contributed by atoms with van der Waals surface area (Å²) in [6.07, 6.45) is 2.52. The van der Waals surface area contributed by atoms with Gasteiger partial charge in [-0.2, -0.15) is 0 Å². The maximum Gasteiger partial charge on any atom is 0.270 e. The Bertz CT molecular complexity index is 1290. The fourth-order valence-electron chi connectivity index (χ4n) is 3.38. The Labute approximate surface area is 184 Å². The highest BCUT2D eigenvalue weighted by atomic mass is 32.1. The largest absolute Gasteiger partial charge is 0.316 e. The van der Waals surface area contributed by atoms with Gasteiger partial charge in [-0.3, -0.25) is 15.1 Å². The summed E-state index contributed by atoms with van der Waals surface area (Å²) in [5.41, 5.74) is 6.04. The van der Waals surface area contributed by atoms with Gasteiger partial charge < -0.3 is 4.57 Å². The van der Waals surface area contributed by atoms with Gasteiger partial charge in [0.15, 0.2) is 4.80 Å². The van der Waals surface area contributed by atoms with Gasteiger partial charge in [0.1, 0.15) is 0 Å². The van der Waals surface area contributed by atoms with Crippen molar-refractivity contribution >= 4 is 22.7 Å². The molecule has 0 radical (unpaired) electrons. The Morgan fingerprint density at radius 3 is 2.71 bits per heavy atom. The minimum absolute atomic E-state index is 0.0768. The van der Waals surface area contributed by atoms with E-state index < -0.39 is 0 Å². The molecule has 0 fully saturated rings. The van der Waals surface area contributed by atoms with Crippen LogP contribution in [0.3, 0.4) is 0 Å². The second-order valence-corrected chi connectivity index (χ2v) is 8.10. The highest BCUT2D eigenvalue weighted by Gasteiger charge is 2.13. The molecule has 0 saturated carbocycles. The van der Waals surface area contributed by atoms with E-state index in [1.807, 2.05) is 41.8 Å². The van der Waals surface area contributed by atoms with Crippen LogP contribution in [-0.2, 0) is 13.0 Å². The second-order valence-electron chi connectivity index (χ2n) is 7.26. The maximum atomic E-state index is 11.3. The number of nitro benzene ring substituents is 1. The van der Waals surface area contributed by atoms with Gasteiger partial charge in [0.2, 0.25) is 0 Å². The van der Waals surface area contributed by atoms with Crippen LogP contribution < -0.4 is 4.80 Å². The molecule has 2 heterocycles. The molecule has 0 aliphatic rings. The predicted molar refractivity (Wildman–Crippen MR) is 123 cm³/mol. The molecular formula is C24H22N4O2S. The molecule has 0 atom stereocenters. The molecule has 6 nitrogen and oxygen atoms in total. The van der Waals surface area contributed by atoms with Crippen LogP contribution in [0, 0.1) is 24.0 Å². The van der Waals surface area contributed by atoms with Gasteiger partial charge >= 0.3 is 0 Å². The number of benzene rings is 2. The average Bonchev–Trinajstić information content (AvgIpc) is 3.18. The SMILES string of the molecule is Cc1cccc(N=c2scc(-c3cccc([N+](=O)[O-])c3)n2CCc2ccccn2)c1C. The number of aromatic nitrogens is 2. The summed E-state index contributed by atoms with van der Waals surface area (Å²) in [4.78, 5) is 21.1. The fourth-order valence-corrected chi connectivity index (χ4v) is 4.32. The Balaban J connectivity index is 1.82. The summed E-state index contributed by atoms with van der Waals surface area (Å²) in [6, 6.07) is 18.7. The zero-order valence-corrected chi connectivity index (χ0v) is 18.2. The molecule has 0 bridgehead atoms. The fraction of sp³-hybridized carbons (Fsp3) is 0.167. The van der Waals surface area contributed by atoms with E-state index in [0.29, 0.717) is 6.54 Å². The second kappa shape index (κ2) is 9.06. The molecule has 0 spiro atoms. The summed E-state index contributed by atoms with van der Waals surface area (Å²) in [6.45, 7) is 4.82. The van der Waals surface area contributed by atoms with Crippen molar-refractivity contribution in [2.24, 2.45) is 4.99 Å². The highest BCUT2D eigenvalue weighted by Crippen LogP contribution is 2.26. The third kappa shape index (κ3) is 4.62. The molecule has 0 saturated heterocycles. The van der Waals surface area contributed by atoms with Crippen molar-refractivity contribution < 1.29 is 4.92 Å². The van der Waals surface area contributed by atoms with Crippen LogP contribution in [0.5, 0.6) is 0 Å². The number of hydrogen-bond donors (Lipinski definition) is 0. The predicted octanol–water partition coefficient (Wildman–Crippen LogP) is 5.61. The minimum atomic E-state index is -0.366. The number of non-ortho nitro benzene ring substituents is 1. The van der Waals surface area contributed by atoms with Gasteiger partial charge in [-0.15, -0.1) is 11.3 Å². The summed E-state index contributed by atoms with van der Waals surface area (Å²) in [5, 5.41) is 13.3. The molecule has 0 amide bonds. The van der Waals surface area contributed by atoms with E-state index in [1.54, 1.807) is 18.3 Å². The first kappa shape index (κ1) is 20.7. The van der Waals surface area contributed by atoms with Crippen LogP contribution in [-0.4, -0.2) is 14.5 Å². The number of thiazole rings is 1. The zero-order chi connectivity index (χ0) is 21.8. The number of nitro groups is 1. The molecular weight excluding hydrogens is 408 g/mol. The van der Waals surface area contributed by atoms with Crippen LogP contribution in [0.1, 0.15) is 16.8 Å². The van der Waals surface area contributed by atoms with E-state index in [1.165, 1.54) is 23.0 Å². The average molecular weight is 431 g/mol. The van der Waals surface area contributed by atoms with Crippen molar-refractivity contribution in [2.45, 2.75) is 26.8 Å². The maximum absolute atomic E-state index is 11.3. The quantitative estimate of drug-likeness (QED) is 0.295. The lowest BCUT2D eigenvalue weighted by Crippen LogP contribution is -2.17. The van der Waals surface area contributed by atoms with Crippen LogP contribution in [0.15, 0.2) is 77.2 Å². The normalized spacial score (nSPS) is 11.6. The van der Waals surface area contributed by atoms with Gasteiger partial charge in [-0.25, -0.2) is 4.99 Å². The van der Waals surface area contributed by atoms with Gasteiger partial charge in [0.25, 0.3) is 5.69 Å². The monoisotopic (exact) mass is 430 g/mol. The summed E-state index contributed by atoms with van der Waals surface area (Å²) in [5.74, 6) is 0. The first-order chi connectivity index (χ1) is 15.0. The van der Waals surface area contributed by atoms with Gasteiger partial charge in [0, 0.05) is 47.9 Å². The summed E-state index contributed by atoms with van der Waals surface area (Å²) >= 11 is 1.54. The molecule has 4 aromatic rings. The Morgan fingerprint density at radius 2 is 1.94 bits per heavy atom. The lowest BCUT2D eigenvalue weighted by molar-refractivity contribution is -0.384. The van der Waals surface area contributed by atoms with Crippen molar-refractivity contribution in [3.8, 4) is 11.3 Å². The number of hydrogen-bond acceptors (Lipinski definition) is 5. The number of rotatable bonds is 6. The molecule has 7 heteroatoms. The minimum Gasteiger partial charge on any atom is -0.316 e. The Kier molecular flexibility index (Phi) is 6.04. The Hall–Kier alpha value is -3.58. The molecule has 156 valence electrons. The van der Waals surface area contributed by atoms with E-state index in [9.17, 15) is 10.1 Å². The van der Waals surface area contributed by atoms with Crippen molar-refractivity contribution in [1.82, 2.24) is 9.55 Å². The lowest BCUT2D eigenvalue weighted by atomic mass is 10.1. The standard InChI is InChI=1S/C24H22N4O2S/c1-17-7-5-11-22(18(17)2)26-24-27(14-12-20-9-3-4-13-25-20)23(16-31-24)19-8-6-10-21(15-19)28(29)30/h3-11,13,15-16H,12,14H2,1-2H3. The van der Waals surface area contributed by atoms with Crippen LogP contribution in [0.25, 0.3) is 11.3 Å². The van der Waals surface area contributed by atoms with Crippen LogP contribution >= 0.6 is 11.3 Å². The first-order valence-electron chi connectivity index (χ1n) is 9.97. The number of nitrogens with zero attached hydrogens (tertiary/aromatic N) is 4. The molecule has 0 aliphatic heterocycles. The van der Waals surface area contributed by atoms with E-state index in [0.717, 1.165) is 39.4 Å². The highest BCUT2D eigenvalue weighted by molar-refractivity contribution is 7.07. The van der Waals surface area contributed by atoms with E-state index >= 15 is 0 Å². The van der Waals surface area contributed by atoms with Gasteiger partial charge in [-0.1, -0.05) is 30.3 Å². The van der Waals surface area contributed by atoms with E-state index in [4.69, 9.17) is 4.99 Å². The summed E-state index contributed by atoms with van der Waals surface area (Å²) in [7, 11) is 0. The molecule has 0 unspecified atom stereocenters. The molecule has 4 rings (SSSR count). The number of pyridine rings is 1. The zero-order valence-electron chi connectivity index (χ0n) is 17.4. The topological polar surface area (TPSA) is 73.3 Å². The molecule has 2 aromatic heterocycles. The third-order valence-electron chi connectivity index (χ3n) is 5.26. The third-order valence-corrected chi connectivity index (χ3v) is 6.12. The van der Waals surface area contributed by atoms with E-state index in [-0.39, 0.29) is 10.6 Å². The molecule has 2 aromatic carbocycles. The molecule has 31 heavy (non-hydrogen) atoms. The van der Waals surface area contributed by atoms with Crippen molar-refractivity contribution in [3.63, 3.8) is 0 Å². The lowest BCUT2D eigenvalue weighted by Gasteiger charge is -2.10. The van der Waals surface area contributed by atoms with Crippen molar-refractivity contribution in [1.29, 1.82) is 0 Å². The number of aryl methyl sites for hydroxylation is 2. The molecule has 0 N–H and O–H groups in total. The summed E-state index contributed by atoms with van der Waals surface area (Å²) < 4.78 is 2.13. The van der Waals surface area contributed by atoms with Crippen molar-refractivity contribution in [2.75, 3.05) is 0 Å². The van der Waals surface area contributed by atoms with Crippen molar-refractivity contribution in [3.05, 3.63) is 104 Å². The molecule has 0 aliphatic carbocycles. The first-order valence-corrected chi connectivity index (χ1v) is 10.8. The van der Waals surface area contributed by atoms with Gasteiger partial charge in [0.05, 0.1) is 16.3 Å².